The number of nitrogens with one attached hydrogen (secondary N) is 1. The van der Waals surface area contributed by atoms with Gasteiger partial charge in [0.15, 0.2) is 9.84 Å². The first-order valence-corrected chi connectivity index (χ1v) is 9.31. The maximum absolute atomic E-state index is 12.9. The molecule has 1 aliphatic heterocycles. The minimum Gasteiger partial charge on any atom is -0.421 e. The molecule has 7 nitrogen and oxygen atoms in total. The highest BCUT2D eigenvalue weighted by Gasteiger charge is 2.28. The van der Waals surface area contributed by atoms with Crippen molar-refractivity contribution in [1.82, 2.24) is 15.5 Å². The predicted octanol–water partition coefficient (Wildman–Crippen LogP) is 1.11. The first-order chi connectivity index (χ1) is 11.4. The first-order valence-electron chi connectivity index (χ1n) is 7.49. The van der Waals surface area contributed by atoms with Gasteiger partial charge in [-0.15, -0.1) is 10.2 Å². The van der Waals surface area contributed by atoms with E-state index in [-0.39, 0.29) is 48.0 Å². The molecule has 3 rings (SSSR count). The third-order valence-electron chi connectivity index (χ3n) is 3.72. The van der Waals surface area contributed by atoms with Crippen LogP contribution in [0.1, 0.15) is 18.7 Å². The van der Waals surface area contributed by atoms with E-state index in [1.54, 1.807) is 0 Å². The summed E-state index contributed by atoms with van der Waals surface area (Å²) in [6, 6.07) is 5.32. The average molecular weight is 353 g/mol. The van der Waals surface area contributed by atoms with Crippen molar-refractivity contribution in [3.63, 3.8) is 0 Å². The van der Waals surface area contributed by atoms with Crippen molar-refractivity contribution in [2.45, 2.75) is 25.3 Å². The molecular formula is C15H16FN3O4S. The molecule has 0 bridgehead atoms. The van der Waals surface area contributed by atoms with Crippen LogP contribution < -0.4 is 5.32 Å². The Hall–Kier alpha value is -2.29. The lowest BCUT2D eigenvalue weighted by Gasteiger charge is -2.09. The van der Waals surface area contributed by atoms with Gasteiger partial charge in [0.05, 0.1) is 11.5 Å². The van der Waals surface area contributed by atoms with Gasteiger partial charge in [0.1, 0.15) is 5.82 Å². The number of carbonyl (C=O) groups is 1. The summed E-state index contributed by atoms with van der Waals surface area (Å²) in [5.74, 6) is 0.0509. The summed E-state index contributed by atoms with van der Waals surface area (Å²) in [7, 11) is -3.02. The van der Waals surface area contributed by atoms with Crippen LogP contribution in [-0.2, 0) is 21.1 Å². The second-order valence-electron chi connectivity index (χ2n) is 5.68. The van der Waals surface area contributed by atoms with Crippen LogP contribution in [0.2, 0.25) is 0 Å². The Morgan fingerprint density at radius 1 is 1.29 bits per heavy atom. The molecule has 0 spiro atoms. The van der Waals surface area contributed by atoms with Gasteiger partial charge in [-0.1, -0.05) is 0 Å². The third-order valence-corrected chi connectivity index (χ3v) is 5.49. The van der Waals surface area contributed by atoms with Gasteiger partial charge in [0.25, 0.3) is 0 Å². The van der Waals surface area contributed by atoms with Gasteiger partial charge in [0, 0.05) is 24.4 Å². The van der Waals surface area contributed by atoms with Crippen LogP contribution in [0, 0.1) is 5.82 Å². The van der Waals surface area contributed by atoms with Crippen molar-refractivity contribution < 1.29 is 22.0 Å². The van der Waals surface area contributed by atoms with Gasteiger partial charge in [0.2, 0.25) is 17.7 Å². The van der Waals surface area contributed by atoms with Crippen molar-refractivity contribution in [3.8, 4) is 11.5 Å². The summed E-state index contributed by atoms with van der Waals surface area (Å²) in [5, 5.41) is 10.4. The number of hydrogen-bond acceptors (Lipinski definition) is 6. The van der Waals surface area contributed by atoms with Crippen LogP contribution in [0.15, 0.2) is 28.7 Å². The number of aromatic nitrogens is 2. The minimum absolute atomic E-state index is 0.00594. The summed E-state index contributed by atoms with van der Waals surface area (Å²) >= 11 is 0. The summed E-state index contributed by atoms with van der Waals surface area (Å²) in [4.78, 5) is 11.9. The highest BCUT2D eigenvalue weighted by molar-refractivity contribution is 7.91. The number of rotatable bonds is 5. The van der Waals surface area contributed by atoms with Crippen LogP contribution in [0.5, 0.6) is 0 Å². The number of nitrogens with zero attached hydrogens (tertiary/aromatic N) is 2. The van der Waals surface area contributed by atoms with Gasteiger partial charge in [-0.25, -0.2) is 12.8 Å². The molecule has 0 radical (unpaired) electrons. The molecule has 9 heteroatoms. The molecule has 1 aromatic heterocycles. The Morgan fingerprint density at radius 3 is 2.71 bits per heavy atom. The first kappa shape index (κ1) is 16.6. The summed E-state index contributed by atoms with van der Waals surface area (Å²) in [6.07, 6.45) is 0.824. The van der Waals surface area contributed by atoms with E-state index in [1.165, 1.54) is 24.3 Å². The molecule has 1 amide bonds. The zero-order valence-corrected chi connectivity index (χ0v) is 13.6. The Morgan fingerprint density at radius 2 is 2.04 bits per heavy atom. The minimum atomic E-state index is -3.02. The van der Waals surface area contributed by atoms with Crippen LogP contribution in [-0.4, -0.2) is 42.1 Å². The number of carbonyl (C=O) groups excluding carboxylic acids is 1. The lowest BCUT2D eigenvalue weighted by molar-refractivity contribution is -0.121. The second-order valence-corrected chi connectivity index (χ2v) is 7.90. The van der Waals surface area contributed by atoms with E-state index in [4.69, 9.17) is 4.42 Å². The fourth-order valence-electron chi connectivity index (χ4n) is 2.49. The van der Waals surface area contributed by atoms with Crippen LogP contribution in [0.3, 0.4) is 0 Å². The van der Waals surface area contributed by atoms with Gasteiger partial charge >= 0.3 is 0 Å². The molecule has 24 heavy (non-hydrogen) atoms. The molecule has 1 fully saturated rings. The Kier molecular flexibility index (Phi) is 4.61. The van der Waals surface area contributed by atoms with E-state index in [2.05, 4.69) is 15.5 Å². The van der Waals surface area contributed by atoms with Gasteiger partial charge in [-0.05, 0) is 30.7 Å². The number of hydrogen-bond donors (Lipinski definition) is 1. The number of amides is 1. The highest BCUT2D eigenvalue weighted by atomic mass is 32.2. The molecule has 1 atom stereocenters. The van der Waals surface area contributed by atoms with Crippen molar-refractivity contribution in [1.29, 1.82) is 0 Å². The number of sulfone groups is 1. The summed E-state index contributed by atoms with van der Waals surface area (Å²) in [6.45, 7) is 0. The molecule has 1 saturated heterocycles. The lowest BCUT2D eigenvalue weighted by Crippen LogP contribution is -2.35. The molecular weight excluding hydrogens is 337 g/mol. The quantitative estimate of drug-likeness (QED) is 0.864. The van der Waals surface area contributed by atoms with E-state index in [1.807, 2.05) is 0 Å². The summed E-state index contributed by atoms with van der Waals surface area (Å²) < 4.78 is 41.0. The number of aryl methyl sites for hydroxylation is 1. The van der Waals surface area contributed by atoms with E-state index >= 15 is 0 Å². The van der Waals surface area contributed by atoms with Crippen molar-refractivity contribution in [2.75, 3.05) is 11.5 Å². The van der Waals surface area contributed by atoms with Crippen molar-refractivity contribution >= 4 is 15.7 Å². The predicted molar refractivity (Wildman–Crippen MR) is 83.2 cm³/mol. The molecule has 0 aliphatic carbocycles. The van der Waals surface area contributed by atoms with E-state index in [0.717, 1.165) is 0 Å². The zero-order valence-electron chi connectivity index (χ0n) is 12.7. The molecule has 1 unspecified atom stereocenters. The summed E-state index contributed by atoms with van der Waals surface area (Å²) in [5.41, 5.74) is 0.593. The largest absolute Gasteiger partial charge is 0.421 e. The van der Waals surface area contributed by atoms with E-state index in [0.29, 0.717) is 17.9 Å². The zero-order chi connectivity index (χ0) is 17.2. The molecule has 1 aromatic carbocycles. The van der Waals surface area contributed by atoms with E-state index in [9.17, 15) is 17.6 Å². The topological polar surface area (TPSA) is 102 Å². The second kappa shape index (κ2) is 6.68. The third kappa shape index (κ3) is 4.16. The smallest absolute Gasteiger partial charge is 0.247 e. The fourth-order valence-corrected chi connectivity index (χ4v) is 4.17. The van der Waals surface area contributed by atoms with Gasteiger partial charge < -0.3 is 9.73 Å². The molecule has 0 saturated carbocycles. The highest BCUT2D eigenvalue weighted by Crippen LogP contribution is 2.18. The van der Waals surface area contributed by atoms with Crippen LogP contribution in [0.4, 0.5) is 4.39 Å². The van der Waals surface area contributed by atoms with E-state index < -0.39 is 9.84 Å². The average Bonchev–Trinajstić information content (AvgIpc) is 3.12. The monoisotopic (exact) mass is 353 g/mol. The van der Waals surface area contributed by atoms with Gasteiger partial charge in [-0.3, -0.25) is 4.79 Å². The Bertz CT molecular complexity index is 833. The van der Waals surface area contributed by atoms with Crippen molar-refractivity contribution in [3.05, 3.63) is 36.0 Å². The maximum Gasteiger partial charge on any atom is 0.247 e. The number of halogens is 1. The van der Waals surface area contributed by atoms with Crippen molar-refractivity contribution in [2.24, 2.45) is 0 Å². The van der Waals surface area contributed by atoms with Crippen LogP contribution >= 0.6 is 0 Å². The molecule has 128 valence electrons. The Labute approximate surface area is 138 Å². The Balaban J connectivity index is 1.52. The molecule has 1 aliphatic rings. The SMILES string of the molecule is O=C(CCc1nnc(-c2ccc(F)cc2)o1)NC1CCS(=O)(=O)C1. The molecule has 2 aromatic rings. The van der Waals surface area contributed by atoms with Crippen LogP contribution in [0.25, 0.3) is 11.5 Å². The normalized spacial score (nSPS) is 19.3. The van der Waals surface area contributed by atoms with Gasteiger partial charge in [-0.2, -0.15) is 0 Å². The fraction of sp³-hybridized carbons (Fsp3) is 0.400. The maximum atomic E-state index is 12.9. The molecule has 1 N–H and O–H groups in total. The lowest BCUT2D eigenvalue weighted by atomic mass is 10.2. The standard InChI is InChI=1S/C15H16FN3O4S/c16-11-3-1-10(2-4-11)15-19-18-14(23-15)6-5-13(20)17-12-7-8-24(21,22)9-12/h1-4,12H,5-9H2,(H,17,20). The number of benzene rings is 1. The molecule has 2 heterocycles.